The van der Waals surface area contributed by atoms with E-state index in [2.05, 4.69) is 28.1 Å². The summed E-state index contributed by atoms with van der Waals surface area (Å²) < 4.78 is 1.14. The summed E-state index contributed by atoms with van der Waals surface area (Å²) in [5.41, 5.74) is 2.60. The van der Waals surface area contributed by atoms with Crippen molar-refractivity contribution in [2.24, 2.45) is 0 Å². The third-order valence-electron chi connectivity index (χ3n) is 3.84. The molecule has 0 amide bonds. The minimum Gasteiger partial charge on any atom is -0.480 e. The van der Waals surface area contributed by atoms with Crippen molar-refractivity contribution < 1.29 is 9.90 Å². The molecule has 0 heterocycles. The molecule has 1 N–H and O–H groups in total. The van der Waals surface area contributed by atoms with Crippen molar-refractivity contribution in [3.63, 3.8) is 0 Å². The number of halogens is 1. The average molecular weight is 312 g/mol. The van der Waals surface area contributed by atoms with Crippen molar-refractivity contribution in [1.82, 2.24) is 4.90 Å². The monoisotopic (exact) mass is 311 g/mol. The molecule has 18 heavy (non-hydrogen) atoms. The summed E-state index contributed by atoms with van der Waals surface area (Å²) in [6.07, 6.45) is 2.64. The Morgan fingerprint density at radius 2 is 2.33 bits per heavy atom. The van der Waals surface area contributed by atoms with E-state index in [1.807, 2.05) is 24.9 Å². The van der Waals surface area contributed by atoms with Crippen LogP contribution in [0.25, 0.3) is 0 Å². The first-order valence-electron chi connectivity index (χ1n) is 6.28. The summed E-state index contributed by atoms with van der Waals surface area (Å²) in [7, 11) is 1.92. The molecule has 1 aromatic carbocycles. The van der Waals surface area contributed by atoms with Crippen LogP contribution in [0.3, 0.4) is 0 Å². The SMILES string of the molecule is CCC(C(=O)O)N(C)C1CCc2c(Br)cccc21. The lowest BCUT2D eigenvalue weighted by molar-refractivity contribution is -0.143. The number of carbonyl (C=O) groups is 1. The minimum absolute atomic E-state index is 0.221. The van der Waals surface area contributed by atoms with Crippen molar-refractivity contribution in [3.8, 4) is 0 Å². The zero-order valence-corrected chi connectivity index (χ0v) is 12.3. The largest absolute Gasteiger partial charge is 0.480 e. The van der Waals surface area contributed by atoms with Gasteiger partial charge in [-0.15, -0.1) is 0 Å². The van der Waals surface area contributed by atoms with Crippen LogP contribution < -0.4 is 0 Å². The standard InChI is InChI=1S/C14H18BrNO2/c1-3-12(14(17)18)16(2)13-8-7-9-10(13)5-4-6-11(9)15/h4-6,12-13H,3,7-8H2,1-2H3,(H,17,18). The molecule has 2 atom stereocenters. The highest BCUT2D eigenvalue weighted by atomic mass is 79.9. The van der Waals surface area contributed by atoms with Crippen molar-refractivity contribution in [2.45, 2.75) is 38.3 Å². The first-order valence-corrected chi connectivity index (χ1v) is 7.07. The predicted octanol–water partition coefficient (Wildman–Crippen LogP) is 3.23. The van der Waals surface area contributed by atoms with Gasteiger partial charge in [0.15, 0.2) is 0 Å². The zero-order valence-electron chi connectivity index (χ0n) is 10.7. The Labute approximate surface area is 116 Å². The van der Waals surface area contributed by atoms with E-state index in [0.29, 0.717) is 6.42 Å². The van der Waals surface area contributed by atoms with E-state index < -0.39 is 12.0 Å². The highest BCUT2D eigenvalue weighted by molar-refractivity contribution is 9.10. The molecule has 0 aliphatic heterocycles. The van der Waals surface area contributed by atoms with Gasteiger partial charge in [-0.2, -0.15) is 0 Å². The summed E-state index contributed by atoms with van der Waals surface area (Å²) in [4.78, 5) is 13.3. The van der Waals surface area contributed by atoms with Crippen LogP contribution in [-0.4, -0.2) is 29.1 Å². The molecule has 1 aliphatic carbocycles. The van der Waals surface area contributed by atoms with Gasteiger partial charge in [-0.25, -0.2) is 0 Å². The van der Waals surface area contributed by atoms with E-state index in [1.165, 1.54) is 11.1 Å². The maximum absolute atomic E-state index is 11.3. The number of hydrogen-bond donors (Lipinski definition) is 1. The van der Waals surface area contributed by atoms with Crippen LogP contribution in [0.15, 0.2) is 22.7 Å². The van der Waals surface area contributed by atoms with Crippen LogP contribution in [-0.2, 0) is 11.2 Å². The van der Waals surface area contributed by atoms with Gasteiger partial charge in [0.1, 0.15) is 6.04 Å². The number of likely N-dealkylation sites (N-methyl/N-ethyl adjacent to an activating group) is 1. The molecule has 0 saturated heterocycles. The fourth-order valence-corrected chi connectivity index (χ4v) is 3.44. The Morgan fingerprint density at radius 3 is 2.94 bits per heavy atom. The predicted molar refractivity (Wildman–Crippen MR) is 74.7 cm³/mol. The molecule has 0 fully saturated rings. The Bertz CT molecular complexity index is 461. The molecule has 2 rings (SSSR count). The second-order valence-corrected chi connectivity index (χ2v) is 5.64. The lowest BCUT2D eigenvalue weighted by Crippen LogP contribution is -2.39. The number of carboxylic acid groups (broad SMARTS) is 1. The van der Waals surface area contributed by atoms with Gasteiger partial charge in [-0.1, -0.05) is 35.0 Å². The number of carboxylic acids is 1. The lowest BCUT2D eigenvalue weighted by atomic mass is 10.0. The fourth-order valence-electron chi connectivity index (χ4n) is 2.86. The van der Waals surface area contributed by atoms with Crippen LogP contribution in [0.1, 0.15) is 36.9 Å². The van der Waals surface area contributed by atoms with Crippen LogP contribution >= 0.6 is 15.9 Å². The topological polar surface area (TPSA) is 40.5 Å². The van der Waals surface area contributed by atoms with Crippen molar-refractivity contribution >= 4 is 21.9 Å². The van der Waals surface area contributed by atoms with E-state index in [1.54, 1.807) is 0 Å². The molecule has 0 bridgehead atoms. The quantitative estimate of drug-likeness (QED) is 0.928. The van der Waals surface area contributed by atoms with Gasteiger partial charge in [0.25, 0.3) is 0 Å². The van der Waals surface area contributed by atoms with E-state index in [-0.39, 0.29) is 6.04 Å². The van der Waals surface area contributed by atoms with E-state index in [9.17, 15) is 9.90 Å². The minimum atomic E-state index is -0.733. The van der Waals surface area contributed by atoms with Crippen molar-refractivity contribution in [2.75, 3.05) is 7.05 Å². The number of nitrogens with zero attached hydrogens (tertiary/aromatic N) is 1. The number of aliphatic carboxylic acids is 1. The molecular weight excluding hydrogens is 294 g/mol. The van der Waals surface area contributed by atoms with Gasteiger partial charge in [-0.05, 0) is 43.5 Å². The molecule has 4 heteroatoms. The molecule has 2 unspecified atom stereocenters. The molecule has 0 spiro atoms. The second kappa shape index (κ2) is 5.41. The molecule has 0 saturated carbocycles. The van der Waals surface area contributed by atoms with Crippen molar-refractivity contribution in [1.29, 1.82) is 0 Å². The van der Waals surface area contributed by atoms with Gasteiger partial charge in [0.05, 0.1) is 0 Å². The second-order valence-electron chi connectivity index (χ2n) is 4.79. The van der Waals surface area contributed by atoms with Crippen LogP contribution in [0.5, 0.6) is 0 Å². The summed E-state index contributed by atoms with van der Waals surface area (Å²) >= 11 is 3.57. The van der Waals surface area contributed by atoms with E-state index in [4.69, 9.17) is 0 Å². The lowest BCUT2D eigenvalue weighted by Gasteiger charge is -2.30. The number of rotatable bonds is 4. The summed E-state index contributed by atoms with van der Waals surface area (Å²) in [5.74, 6) is -0.733. The third kappa shape index (κ3) is 2.31. The highest BCUT2D eigenvalue weighted by Gasteiger charge is 2.32. The summed E-state index contributed by atoms with van der Waals surface area (Å²) in [6.45, 7) is 1.92. The molecule has 98 valence electrons. The van der Waals surface area contributed by atoms with Crippen LogP contribution in [0.4, 0.5) is 0 Å². The number of benzene rings is 1. The van der Waals surface area contributed by atoms with Gasteiger partial charge in [0, 0.05) is 10.5 Å². The van der Waals surface area contributed by atoms with Gasteiger partial charge < -0.3 is 5.11 Å². The maximum Gasteiger partial charge on any atom is 0.320 e. The van der Waals surface area contributed by atoms with Crippen LogP contribution in [0.2, 0.25) is 0 Å². The smallest absolute Gasteiger partial charge is 0.320 e. The Hall–Kier alpha value is -0.870. The molecular formula is C14H18BrNO2. The Morgan fingerprint density at radius 1 is 1.61 bits per heavy atom. The highest BCUT2D eigenvalue weighted by Crippen LogP contribution is 2.39. The first-order chi connectivity index (χ1) is 8.56. The fraction of sp³-hybridized carbons (Fsp3) is 0.500. The van der Waals surface area contributed by atoms with Gasteiger partial charge in [-0.3, -0.25) is 9.69 Å². The molecule has 1 aliphatic rings. The number of fused-ring (bicyclic) bond motifs is 1. The van der Waals surface area contributed by atoms with Crippen molar-refractivity contribution in [3.05, 3.63) is 33.8 Å². The Balaban J connectivity index is 2.28. The molecule has 1 aromatic rings. The van der Waals surface area contributed by atoms with E-state index in [0.717, 1.165) is 17.3 Å². The Kier molecular flexibility index (Phi) is 4.07. The normalized spacial score (nSPS) is 19.9. The number of hydrogen-bond acceptors (Lipinski definition) is 2. The molecule has 0 aromatic heterocycles. The summed E-state index contributed by atoms with van der Waals surface area (Å²) in [5, 5.41) is 9.26. The average Bonchev–Trinajstić information content (AvgIpc) is 2.74. The van der Waals surface area contributed by atoms with Gasteiger partial charge >= 0.3 is 5.97 Å². The first kappa shape index (κ1) is 13.6. The third-order valence-corrected chi connectivity index (χ3v) is 4.58. The summed E-state index contributed by atoms with van der Waals surface area (Å²) in [6, 6.07) is 6.01. The zero-order chi connectivity index (χ0) is 13.3. The van der Waals surface area contributed by atoms with E-state index >= 15 is 0 Å². The molecule has 0 radical (unpaired) electrons. The van der Waals surface area contributed by atoms with Crippen LogP contribution in [0, 0.1) is 0 Å². The van der Waals surface area contributed by atoms with Gasteiger partial charge in [0.2, 0.25) is 0 Å². The molecule has 3 nitrogen and oxygen atoms in total. The maximum atomic E-state index is 11.3.